The molecular weight excluding hydrogens is 318 g/mol. The maximum absolute atomic E-state index is 12.1. The van der Waals surface area contributed by atoms with Gasteiger partial charge in [-0.3, -0.25) is 4.79 Å². The number of carbonyl (C=O) groups is 1. The number of rotatable bonds is 1. The van der Waals surface area contributed by atoms with Crippen molar-refractivity contribution < 1.29 is 4.79 Å². The molecule has 0 aliphatic heterocycles. The highest BCUT2D eigenvalue weighted by Gasteiger charge is 2.76. The number of hydrogen-bond donors (Lipinski definition) is 0. The Labute approximate surface area is 158 Å². The van der Waals surface area contributed by atoms with Gasteiger partial charge < -0.3 is 0 Å². The second-order valence-corrected chi connectivity index (χ2v) is 10.8. The highest BCUT2D eigenvalue weighted by atomic mass is 16.1. The highest BCUT2D eigenvalue weighted by Crippen LogP contribution is 2.80. The van der Waals surface area contributed by atoms with Crippen LogP contribution in [-0.4, -0.2) is 5.78 Å². The van der Waals surface area contributed by atoms with E-state index in [2.05, 4.69) is 33.8 Å². The van der Waals surface area contributed by atoms with E-state index in [4.69, 9.17) is 0 Å². The first-order chi connectivity index (χ1) is 12.3. The monoisotopic (exact) mass is 351 g/mol. The molecule has 0 aromatic rings. The predicted octanol–water partition coefficient (Wildman–Crippen LogP) is 5.54. The molecule has 26 heavy (non-hydrogen) atoms. The second-order valence-electron chi connectivity index (χ2n) is 10.8. The fourth-order valence-corrected chi connectivity index (χ4v) is 8.99. The van der Waals surface area contributed by atoms with E-state index in [0.717, 1.165) is 49.4 Å². The largest absolute Gasteiger partial charge is 0.295 e. The van der Waals surface area contributed by atoms with E-state index < -0.39 is 0 Å². The molecule has 0 aromatic heterocycles. The minimum atomic E-state index is -0.0768. The summed E-state index contributed by atoms with van der Waals surface area (Å²) in [4.78, 5) is 12.1. The standard InChI is InChI=1S/C24H33NO/c1-5-24(13-25)19-12-17(19)21-20-14(2)10-15-11-16(26)6-8-22(15,3)18(20)7-9-23(21,24)4/h11,14,17-21H,5-10,12H2,1-4H3/t14-,17+,18-,19-,20+,21-,22-,23-,24-/m0/s1. The zero-order chi connectivity index (χ0) is 18.5. The van der Waals surface area contributed by atoms with Gasteiger partial charge in [-0.25, -0.2) is 0 Å². The van der Waals surface area contributed by atoms with Gasteiger partial charge in [0.15, 0.2) is 5.78 Å². The fraction of sp³-hybridized carbons (Fsp3) is 0.833. The molecule has 0 amide bonds. The van der Waals surface area contributed by atoms with Crippen molar-refractivity contribution in [3.05, 3.63) is 11.6 Å². The predicted molar refractivity (Wildman–Crippen MR) is 102 cm³/mol. The van der Waals surface area contributed by atoms with Crippen LogP contribution in [0.15, 0.2) is 11.6 Å². The van der Waals surface area contributed by atoms with Crippen molar-refractivity contribution in [3.63, 3.8) is 0 Å². The molecule has 4 fully saturated rings. The maximum Gasteiger partial charge on any atom is 0.155 e. The number of nitriles is 1. The summed E-state index contributed by atoms with van der Waals surface area (Å²) in [6.07, 6.45) is 9.73. The molecule has 5 rings (SSSR count). The van der Waals surface area contributed by atoms with Gasteiger partial charge in [0.05, 0.1) is 11.5 Å². The molecule has 0 bridgehead atoms. The van der Waals surface area contributed by atoms with Crippen molar-refractivity contribution in [3.8, 4) is 6.07 Å². The van der Waals surface area contributed by atoms with Crippen molar-refractivity contribution in [2.24, 2.45) is 51.8 Å². The number of hydrogen-bond acceptors (Lipinski definition) is 2. The van der Waals surface area contributed by atoms with Crippen LogP contribution in [0.25, 0.3) is 0 Å². The molecule has 5 aliphatic carbocycles. The van der Waals surface area contributed by atoms with Crippen LogP contribution in [-0.2, 0) is 4.79 Å². The van der Waals surface area contributed by atoms with Gasteiger partial charge in [0.25, 0.3) is 0 Å². The molecule has 0 unspecified atom stereocenters. The minimum Gasteiger partial charge on any atom is -0.295 e. The molecule has 9 atom stereocenters. The van der Waals surface area contributed by atoms with E-state index in [1.54, 1.807) is 0 Å². The van der Waals surface area contributed by atoms with Gasteiger partial charge in [-0.2, -0.15) is 5.26 Å². The molecule has 2 heteroatoms. The quantitative estimate of drug-likeness (QED) is 0.622. The van der Waals surface area contributed by atoms with Crippen LogP contribution >= 0.6 is 0 Å². The Morgan fingerprint density at radius 2 is 2.04 bits per heavy atom. The molecule has 140 valence electrons. The van der Waals surface area contributed by atoms with E-state index >= 15 is 0 Å². The Morgan fingerprint density at radius 1 is 1.27 bits per heavy atom. The van der Waals surface area contributed by atoms with Crippen LogP contribution < -0.4 is 0 Å². The molecule has 0 radical (unpaired) electrons. The average Bonchev–Trinajstić information content (AvgIpc) is 3.35. The third kappa shape index (κ3) is 1.72. The van der Waals surface area contributed by atoms with Gasteiger partial charge in [0.2, 0.25) is 0 Å². The summed E-state index contributed by atoms with van der Waals surface area (Å²) in [6.45, 7) is 9.65. The molecule has 5 aliphatic rings. The summed E-state index contributed by atoms with van der Waals surface area (Å²) in [5, 5.41) is 10.3. The zero-order valence-electron chi connectivity index (χ0n) is 16.8. The van der Waals surface area contributed by atoms with E-state index in [-0.39, 0.29) is 16.2 Å². The molecule has 2 nitrogen and oxygen atoms in total. The molecular formula is C24H33NO. The van der Waals surface area contributed by atoms with Crippen LogP contribution in [0, 0.1) is 63.1 Å². The first-order valence-electron chi connectivity index (χ1n) is 11.0. The Hall–Kier alpha value is -1.10. The third-order valence-corrected chi connectivity index (χ3v) is 10.3. The van der Waals surface area contributed by atoms with E-state index in [1.165, 1.54) is 24.8 Å². The number of fused-ring (bicyclic) bond motifs is 7. The summed E-state index contributed by atoms with van der Waals surface area (Å²) >= 11 is 0. The van der Waals surface area contributed by atoms with Crippen molar-refractivity contribution >= 4 is 5.78 Å². The Kier molecular flexibility index (Phi) is 3.30. The molecule has 4 saturated carbocycles. The Morgan fingerprint density at radius 3 is 2.73 bits per heavy atom. The lowest BCUT2D eigenvalue weighted by molar-refractivity contribution is -0.121. The number of ketones is 1. The first kappa shape index (κ1) is 17.0. The van der Waals surface area contributed by atoms with Crippen LogP contribution in [0.4, 0.5) is 0 Å². The molecule has 0 saturated heterocycles. The fourth-order valence-electron chi connectivity index (χ4n) is 8.99. The summed E-state index contributed by atoms with van der Waals surface area (Å²) < 4.78 is 0. The van der Waals surface area contributed by atoms with Gasteiger partial charge >= 0.3 is 0 Å². The molecule has 0 heterocycles. The summed E-state index contributed by atoms with van der Waals surface area (Å²) in [7, 11) is 0. The van der Waals surface area contributed by atoms with Gasteiger partial charge in [0.1, 0.15) is 0 Å². The lowest BCUT2D eigenvalue weighted by atomic mass is 9.42. The van der Waals surface area contributed by atoms with Crippen molar-refractivity contribution in [2.75, 3.05) is 0 Å². The molecule has 0 aromatic carbocycles. The van der Waals surface area contributed by atoms with Gasteiger partial charge in [-0.15, -0.1) is 0 Å². The maximum atomic E-state index is 12.1. The Bertz CT molecular complexity index is 746. The number of nitrogens with zero attached hydrogens (tertiary/aromatic N) is 1. The summed E-state index contributed by atoms with van der Waals surface area (Å²) in [6, 6.07) is 2.88. The summed E-state index contributed by atoms with van der Waals surface area (Å²) in [5.74, 6) is 4.67. The minimum absolute atomic E-state index is 0.0768. The smallest absolute Gasteiger partial charge is 0.155 e. The van der Waals surface area contributed by atoms with E-state index in [1.807, 2.05) is 6.08 Å². The van der Waals surface area contributed by atoms with Gasteiger partial charge in [-0.05, 0) is 90.9 Å². The van der Waals surface area contributed by atoms with Crippen LogP contribution in [0.2, 0.25) is 0 Å². The van der Waals surface area contributed by atoms with Crippen LogP contribution in [0.5, 0.6) is 0 Å². The topological polar surface area (TPSA) is 40.9 Å². The lowest BCUT2D eigenvalue weighted by Crippen LogP contribution is -2.56. The van der Waals surface area contributed by atoms with Crippen molar-refractivity contribution in [2.45, 2.75) is 72.6 Å². The van der Waals surface area contributed by atoms with E-state index in [9.17, 15) is 10.1 Å². The molecule has 0 N–H and O–H groups in total. The van der Waals surface area contributed by atoms with E-state index in [0.29, 0.717) is 17.6 Å². The first-order valence-corrected chi connectivity index (χ1v) is 11.0. The SMILES string of the molecule is CC[C@]1(C#N)[C@H]2C[C@H]2[C@H]2[C@@H]3[C@@H](C)CC4=CC(=O)CC[C@]4(C)[C@H]3CC[C@@]21C. The third-order valence-electron chi connectivity index (χ3n) is 10.3. The normalized spacial score (nSPS) is 57.2. The van der Waals surface area contributed by atoms with Crippen molar-refractivity contribution in [1.29, 1.82) is 5.26 Å². The van der Waals surface area contributed by atoms with Gasteiger partial charge in [0, 0.05) is 6.42 Å². The van der Waals surface area contributed by atoms with Gasteiger partial charge in [-0.1, -0.05) is 33.3 Å². The lowest BCUT2D eigenvalue weighted by Gasteiger charge is -2.62. The Balaban J connectivity index is 1.59. The molecule has 0 spiro atoms. The number of carbonyl (C=O) groups excluding carboxylic acids is 1. The zero-order valence-corrected chi connectivity index (χ0v) is 16.8. The van der Waals surface area contributed by atoms with Crippen LogP contribution in [0.1, 0.15) is 72.6 Å². The summed E-state index contributed by atoms with van der Waals surface area (Å²) in [5.41, 5.74) is 1.83. The number of allylic oxidation sites excluding steroid dienone is 1. The highest BCUT2D eigenvalue weighted by molar-refractivity contribution is 5.91. The average molecular weight is 352 g/mol. The van der Waals surface area contributed by atoms with Crippen LogP contribution in [0.3, 0.4) is 0 Å². The van der Waals surface area contributed by atoms with Crippen molar-refractivity contribution in [1.82, 2.24) is 0 Å². The second kappa shape index (κ2) is 5.03.